The summed E-state index contributed by atoms with van der Waals surface area (Å²) >= 11 is 0. The van der Waals surface area contributed by atoms with Crippen LogP contribution in [0, 0.1) is 0 Å². The Labute approximate surface area is 846 Å². The lowest BCUT2D eigenvalue weighted by atomic mass is 10.0. The maximum atomic E-state index is 11.1. The van der Waals surface area contributed by atoms with E-state index in [0.717, 1.165) is 96.0 Å². The Morgan fingerprint density at radius 2 is 0.567 bits per heavy atom. The van der Waals surface area contributed by atoms with Crippen LogP contribution < -0.4 is 4.74 Å². The topological polar surface area (TPSA) is 267 Å². The van der Waals surface area contributed by atoms with Crippen molar-refractivity contribution in [2.75, 3.05) is 207 Å². The molecule has 1 N–H and O–H groups in total. The fourth-order valence-corrected chi connectivity index (χ4v) is 9.58. The van der Waals surface area contributed by atoms with E-state index in [1.54, 1.807) is 35.4 Å². The van der Waals surface area contributed by atoms with Crippen LogP contribution in [0.25, 0.3) is 0 Å². The van der Waals surface area contributed by atoms with Crippen molar-refractivity contribution in [1.82, 2.24) is 0 Å². The van der Waals surface area contributed by atoms with Gasteiger partial charge in [-0.2, -0.15) is 0 Å². The van der Waals surface area contributed by atoms with Crippen LogP contribution in [0.4, 0.5) is 0 Å². The first-order valence-corrected chi connectivity index (χ1v) is 40.9. The molecule has 0 heterocycles. The summed E-state index contributed by atoms with van der Waals surface area (Å²) in [5, 5.41) is 8.70. The number of aliphatic hydroxyl groups is 1. The lowest BCUT2D eigenvalue weighted by Crippen LogP contribution is -2.29. The van der Waals surface area contributed by atoms with Crippen molar-refractivity contribution in [3.8, 4) is 5.75 Å². The van der Waals surface area contributed by atoms with Crippen molar-refractivity contribution in [2.45, 2.75) is 459 Å². The molecule has 1 rings (SSSR count). The zero-order valence-corrected chi connectivity index (χ0v) is 73.4. The molecule has 12 atom stereocenters. The molecule has 0 saturated carbocycles. The zero-order valence-electron chi connectivity index (χ0n) is 73.4. The first-order chi connectivity index (χ1) is 53.1. The van der Waals surface area contributed by atoms with Crippen molar-refractivity contribution in [3.63, 3.8) is 0 Å². The molecule has 0 aliphatic carbocycles. The standard InChI is InChI=1S/C23H48O7.C17H28O4.C14H26O5.C13H28O4.C12H24O5.C5H12O.24CH4/c1-7-22(29-17-16-27-20(4)5)19-23(30-15-12-25-9-3)18-21(6)28-14-13-26-11-10-24-8-2;1-4-16(20-11-10-18-3)14-15(2)19-12-13-21-17-8-6-5-7-9-17;1-5-13(18-7-6-15)10-12(4)17-8-9-19-14(16)11(2)3;1-5-13(17-9-7-14-4)11-12(3)16-10-8-15-6-2;1-4-12(17-7-5-14-3)9-11(2)16-8-6-15-10-13;1-4-5(2)6-3;;;;;;;;;;;;;;;;;;;;;;;;/h20-23H,7-19H2,1-6H3;5-9,15-16H,4,10-14H2,1-3H3;12-13,15H,2,5-10H2,1,3-4H3;12-13H,5-11H2,1-4H3;10-12H,4-9H2,1-3H3;5H,4H2,1-3H3;24*1H4. The molecule has 0 aliphatic rings. The van der Waals surface area contributed by atoms with Crippen LogP contribution in [0.2, 0.25) is 0 Å². The van der Waals surface area contributed by atoms with Gasteiger partial charge in [0.1, 0.15) is 25.6 Å². The van der Waals surface area contributed by atoms with Gasteiger partial charge in [0.25, 0.3) is 6.47 Å². The number of para-hydroxylation sites is 1. The molecule has 0 fully saturated rings. The van der Waals surface area contributed by atoms with Crippen molar-refractivity contribution in [3.05, 3.63) is 42.5 Å². The predicted octanol–water partition coefficient (Wildman–Crippen LogP) is 29.2. The van der Waals surface area contributed by atoms with Gasteiger partial charge in [0, 0.05) is 53.8 Å². The van der Waals surface area contributed by atoms with Gasteiger partial charge in [-0.25, -0.2) is 4.79 Å². The van der Waals surface area contributed by atoms with E-state index in [0.29, 0.717) is 170 Å². The molecule has 0 spiro atoms. The second-order valence-corrected chi connectivity index (χ2v) is 26.1. The summed E-state index contributed by atoms with van der Waals surface area (Å²) in [4.78, 5) is 21.0. The fraction of sp³-hybridized carbons (Fsp3) is 0.907. The molecule has 0 bridgehead atoms. The smallest absolute Gasteiger partial charge is 0.333 e. The molecule has 0 aromatic heterocycles. The van der Waals surface area contributed by atoms with Crippen LogP contribution in [0.1, 0.15) is 380 Å². The maximum Gasteiger partial charge on any atom is 0.333 e. The van der Waals surface area contributed by atoms with Crippen molar-refractivity contribution >= 4 is 12.4 Å². The highest BCUT2D eigenvalue weighted by Crippen LogP contribution is 2.18. The first kappa shape index (κ1) is 213. The molecular formula is C108H262O26. The van der Waals surface area contributed by atoms with Crippen LogP contribution in [0.15, 0.2) is 42.5 Å². The van der Waals surface area contributed by atoms with Gasteiger partial charge in [-0.1, -0.05) is 245 Å². The molecule has 26 heteroatoms. The van der Waals surface area contributed by atoms with Crippen molar-refractivity contribution in [1.29, 1.82) is 0 Å². The highest BCUT2D eigenvalue weighted by atomic mass is 16.6. The molecule has 134 heavy (non-hydrogen) atoms. The number of hydrogen-bond donors (Lipinski definition) is 1. The van der Waals surface area contributed by atoms with Crippen molar-refractivity contribution in [2.24, 2.45) is 0 Å². The van der Waals surface area contributed by atoms with Crippen LogP contribution in [0.5, 0.6) is 5.75 Å². The van der Waals surface area contributed by atoms with E-state index in [9.17, 15) is 9.59 Å². The Kier molecular flexibility index (Phi) is 269. The monoisotopic (exact) mass is 1980 g/mol. The number of carbonyl (C=O) groups excluding carboxylic acids is 2. The highest BCUT2D eigenvalue weighted by molar-refractivity contribution is 5.86. The molecular weight excluding hydrogens is 1710 g/mol. The molecule has 0 aliphatic heterocycles. The van der Waals surface area contributed by atoms with E-state index in [-0.39, 0.29) is 265 Å². The lowest BCUT2D eigenvalue weighted by Gasteiger charge is -2.26. The number of benzene rings is 1. The van der Waals surface area contributed by atoms with E-state index in [2.05, 4.69) is 73.6 Å². The average Bonchev–Trinajstić information content (AvgIpc) is 0.933. The Morgan fingerprint density at radius 1 is 0.306 bits per heavy atom. The Bertz CT molecular complexity index is 1960. The minimum Gasteiger partial charge on any atom is -0.491 e. The van der Waals surface area contributed by atoms with Crippen molar-refractivity contribution < 1.29 is 124 Å². The number of hydrogen-bond acceptors (Lipinski definition) is 26. The summed E-state index contributed by atoms with van der Waals surface area (Å²) in [6, 6.07) is 9.78. The predicted molar refractivity (Wildman–Crippen MR) is 597 cm³/mol. The highest BCUT2D eigenvalue weighted by Gasteiger charge is 2.21. The molecule has 1 aromatic carbocycles. The molecule has 1 aromatic rings. The maximum absolute atomic E-state index is 11.1. The second-order valence-electron chi connectivity index (χ2n) is 26.1. The van der Waals surface area contributed by atoms with E-state index >= 15 is 0 Å². The Morgan fingerprint density at radius 3 is 0.858 bits per heavy atom. The van der Waals surface area contributed by atoms with Crippen LogP contribution in [-0.4, -0.2) is 304 Å². The van der Waals surface area contributed by atoms with Gasteiger partial charge in [0.2, 0.25) is 0 Å². The summed E-state index contributed by atoms with van der Waals surface area (Å²) in [6.45, 7) is 55.3. The molecule has 0 radical (unpaired) electrons. The van der Waals surface area contributed by atoms with Gasteiger partial charge < -0.3 is 114 Å². The number of esters is 1. The summed E-state index contributed by atoms with van der Waals surface area (Å²) in [5.74, 6) is 0.483. The Balaban J connectivity index is -0.0000000363. The summed E-state index contributed by atoms with van der Waals surface area (Å²) < 4.78 is 125. The molecule has 0 amide bonds. The van der Waals surface area contributed by atoms with E-state index in [1.165, 1.54) is 0 Å². The van der Waals surface area contributed by atoms with Gasteiger partial charge >= 0.3 is 5.97 Å². The number of methoxy groups -OCH3 is 4. The summed E-state index contributed by atoms with van der Waals surface area (Å²) in [6.07, 6.45) is 13.1. The Hall–Kier alpha value is -3.14. The number of rotatable bonds is 72. The van der Waals surface area contributed by atoms with Gasteiger partial charge in [-0.05, 0) is 172 Å². The summed E-state index contributed by atoms with van der Waals surface area (Å²) in [5.41, 5.74) is 0.386. The lowest BCUT2D eigenvalue weighted by molar-refractivity contribution is -0.141. The average molecular weight is 1980 g/mol. The molecule has 26 nitrogen and oxygen atoms in total. The zero-order chi connectivity index (χ0) is 83.3. The quantitative estimate of drug-likeness (QED) is 0.0275. The van der Waals surface area contributed by atoms with E-state index < -0.39 is 5.97 Å². The normalized spacial score (nSPS) is 11.8. The second kappa shape index (κ2) is 169. The third-order valence-electron chi connectivity index (χ3n) is 16.1. The van der Waals surface area contributed by atoms with E-state index in [4.69, 9.17) is 109 Å². The SMILES string of the molecule is C.C.C.C.C.C.C.C.C.C.C.C.C.C.C.C.C.C.C.C.C.C.C.C.C=C(C)C(=O)OCCOC(C)CC(CC)OCCO.CCC(C)OC.CCC(CC(C)OCCOC=O)OCCOC.CCC(CC(C)OCCOc1ccccc1)OCCOC.CCOCCOC(C)CC(CC)OCCOC.CCOCCOCCOC(C)CC(CC(CC)OCCOC(C)C)OCCOCC. The minimum atomic E-state index is -0.394. The number of carbonyl (C=O) groups is 2. The third kappa shape index (κ3) is 162. The van der Waals surface area contributed by atoms with E-state index in [1.807, 2.05) is 85.7 Å². The first-order valence-electron chi connectivity index (χ1n) is 40.9. The van der Waals surface area contributed by atoms with Crippen LogP contribution >= 0.6 is 0 Å². The van der Waals surface area contributed by atoms with Gasteiger partial charge in [-0.15, -0.1) is 0 Å². The fourth-order valence-electron chi connectivity index (χ4n) is 9.58. The van der Waals surface area contributed by atoms with Gasteiger partial charge in [0.05, 0.1) is 218 Å². The number of aliphatic hydroxyl groups excluding tert-OH is 1. The third-order valence-corrected chi connectivity index (χ3v) is 16.1. The van der Waals surface area contributed by atoms with Crippen LogP contribution in [-0.2, 0) is 114 Å². The summed E-state index contributed by atoms with van der Waals surface area (Å²) in [7, 11) is 6.75. The minimum absolute atomic E-state index is 0. The molecule has 0 saturated heterocycles. The van der Waals surface area contributed by atoms with Crippen LogP contribution in [0.3, 0.4) is 0 Å². The molecule has 12 unspecified atom stereocenters. The van der Waals surface area contributed by atoms with Gasteiger partial charge in [-0.3, -0.25) is 4.79 Å². The van der Waals surface area contributed by atoms with Gasteiger partial charge in [0.15, 0.2) is 0 Å². The molecule has 850 valence electrons. The largest absolute Gasteiger partial charge is 0.491 e. The number of ether oxygens (including phenoxy) is 23.